The molecule has 2 heterocycles. The van der Waals surface area contributed by atoms with Gasteiger partial charge in [0, 0.05) is 13.2 Å². The van der Waals surface area contributed by atoms with Crippen molar-refractivity contribution in [3.63, 3.8) is 0 Å². The summed E-state index contributed by atoms with van der Waals surface area (Å²) in [7, 11) is 0. The molecule has 0 aromatic rings. The predicted molar refractivity (Wildman–Crippen MR) is 51.6 cm³/mol. The van der Waals surface area contributed by atoms with Crippen molar-refractivity contribution in [1.82, 2.24) is 5.32 Å². The maximum atomic E-state index is 5.48. The van der Waals surface area contributed by atoms with Crippen molar-refractivity contribution in [3.05, 3.63) is 0 Å². The Hall–Kier alpha value is -0.0800. The molecule has 2 nitrogen and oxygen atoms in total. The molecule has 2 heteroatoms. The number of ether oxygens (including phenoxy) is 1. The van der Waals surface area contributed by atoms with Crippen molar-refractivity contribution in [2.24, 2.45) is 17.3 Å². The zero-order valence-corrected chi connectivity index (χ0v) is 8.22. The first-order valence-electron chi connectivity index (χ1n) is 5.69. The second-order valence-corrected chi connectivity index (χ2v) is 5.05. The van der Waals surface area contributed by atoms with E-state index >= 15 is 0 Å². The van der Waals surface area contributed by atoms with Crippen molar-refractivity contribution < 1.29 is 4.74 Å². The summed E-state index contributed by atoms with van der Waals surface area (Å²) in [5.41, 5.74) is 0.767. The highest BCUT2D eigenvalue weighted by atomic mass is 16.5. The van der Waals surface area contributed by atoms with Crippen LogP contribution in [0.2, 0.25) is 0 Å². The van der Waals surface area contributed by atoms with E-state index in [4.69, 9.17) is 4.74 Å². The van der Waals surface area contributed by atoms with Crippen LogP contribution in [-0.2, 0) is 4.74 Å². The van der Waals surface area contributed by atoms with Crippen LogP contribution < -0.4 is 5.32 Å². The first-order valence-corrected chi connectivity index (χ1v) is 5.69. The third-order valence-electron chi connectivity index (χ3n) is 4.39. The summed E-state index contributed by atoms with van der Waals surface area (Å²) in [4.78, 5) is 0. The standard InChI is InChI=1S/C11H19NO/c1-6-13-8-9(1)10-7-11(10)2-4-12-5-3-11/h9-10,12H,1-8H2. The van der Waals surface area contributed by atoms with Gasteiger partial charge in [-0.25, -0.2) is 0 Å². The minimum Gasteiger partial charge on any atom is -0.381 e. The predicted octanol–water partition coefficient (Wildman–Crippen LogP) is 1.41. The monoisotopic (exact) mass is 181 g/mol. The van der Waals surface area contributed by atoms with Crippen molar-refractivity contribution in [3.8, 4) is 0 Å². The molecule has 0 bridgehead atoms. The van der Waals surface area contributed by atoms with E-state index in [2.05, 4.69) is 5.32 Å². The Balaban J connectivity index is 1.63. The van der Waals surface area contributed by atoms with E-state index in [9.17, 15) is 0 Å². The number of hydrogen-bond acceptors (Lipinski definition) is 2. The van der Waals surface area contributed by atoms with Crippen LogP contribution in [0, 0.1) is 17.3 Å². The molecule has 1 N–H and O–H groups in total. The Labute approximate surface area is 80.0 Å². The molecule has 2 aliphatic heterocycles. The van der Waals surface area contributed by atoms with Crippen molar-refractivity contribution in [2.45, 2.75) is 25.7 Å². The molecule has 1 spiro atoms. The van der Waals surface area contributed by atoms with Crippen molar-refractivity contribution >= 4 is 0 Å². The van der Waals surface area contributed by atoms with Crippen LogP contribution in [-0.4, -0.2) is 26.3 Å². The second-order valence-electron chi connectivity index (χ2n) is 5.05. The van der Waals surface area contributed by atoms with Gasteiger partial charge in [0.1, 0.15) is 0 Å². The fourth-order valence-corrected chi connectivity index (χ4v) is 3.42. The Bertz CT molecular complexity index is 192. The molecule has 2 unspecified atom stereocenters. The van der Waals surface area contributed by atoms with E-state index in [1.54, 1.807) is 0 Å². The maximum absolute atomic E-state index is 5.48. The summed E-state index contributed by atoms with van der Waals surface area (Å²) in [6.07, 6.45) is 5.69. The van der Waals surface area contributed by atoms with E-state index in [0.29, 0.717) is 0 Å². The van der Waals surface area contributed by atoms with Gasteiger partial charge in [0.2, 0.25) is 0 Å². The van der Waals surface area contributed by atoms with Crippen molar-refractivity contribution in [2.75, 3.05) is 26.3 Å². The molecule has 0 aromatic heterocycles. The van der Waals surface area contributed by atoms with Gasteiger partial charge < -0.3 is 10.1 Å². The lowest BCUT2D eigenvalue weighted by atomic mass is 9.87. The van der Waals surface area contributed by atoms with Gasteiger partial charge in [0.15, 0.2) is 0 Å². The Morgan fingerprint density at radius 1 is 1.23 bits per heavy atom. The van der Waals surface area contributed by atoms with E-state index < -0.39 is 0 Å². The molecule has 74 valence electrons. The van der Waals surface area contributed by atoms with Crippen LogP contribution in [0.4, 0.5) is 0 Å². The van der Waals surface area contributed by atoms with Gasteiger partial charge in [-0.05, 0) is 56.0 Å². The van der Waals surface area contributed by atoms with Gasteiger partial charge in [-0.2, -0.15) is 0 Å². The number of piperidine rings is 1. The van der Waals surface area contributed by atoms with Crippen LogP contribution in [0.25, 0.3) is 0 Å². The van der Waals surface area contributed by atoms with Gasteiger partial charge in [-0.1, -0.05) is 0 Å². The fourth-order valence-electron chi connectivity index (χ4n) is 3.42. The highest BCUT2D eigenvalue weighted by molar-refractivity contribution is 5.07. The van der Waals surface area contributed by atoms with Gasteiger partial charge in [0.05, 0.1) is 0 Å². The lowest BCUT2D eigenvalue weighted by molar-refractivity contribution is 0.174. The van der Waals surface area contributed by atoms with Crippen LogP contribution >= 0.6 is 0 Å². The minimum absolute atomic E-state index is 0.767. The lowest BCUT2D eigenvalue weighted by Gasteiger charge is -2.25. The third-order valence-corrected chi connectivity index (χ3v) is 4.39. The Kier molecular flexibility index (Phi) is 1.88. The van der Waals surface area contributed by atoms with E-state index in [-0.39, 0.29) is 0 Å². The number of rotatable bonds is 1. The average Bonchev–Trinajstić information content (AvgIpc) is 2.68. The SMILES string of the molecule is C1CC2(CCN1)CC2C1CCOC1. The quantitative estimate of drug-likeness (QED) is 0.660. The minimum atomic E-state index is 0.767. The topological polar surface area (TPSA) is 21.3 Å². The maximum Gasteiger partial charge on any atom is 0.0497 e. The van der Waals surface area contributed by atoms with Crippen molar-refractivity contribution in [1.29, 1.82) is 0 Å². The normalized spacial score (nSPS) is 42.5. The molecule has 0 amide bonds. The molecule has 1 aliphatic carbocycles. The molecule has 2 saturated heterocycles. The van der Waals surface area contributed by atoms with E-state index in [1.807, 2.05) is 0 Å². The van der Waals surface area contributed by atoms with Gasteiger partial charge in [-0.3, -0.25) is 0 Å². The van der Waals surface area contributed by atoms with Crippen LogP contribution in [0.3, 0.4) is 0 Å². The van der Waals surface area contributed by atoms with Crippen LogP contribution in [0.15, 0.2) is 0 Å². The molecule has 0 aromatic carbocycles. The summed E-state index contributed by atoms with van der Waals surface area (Å²) in [6.45, 7) is 4.59. The summed E-state index contributed by atoms with van der Waals surface area (Å²) in [5, 5.41) is 3.46. The summed E-state index contributed by atoms with van der Waals surface area (Å²) in [6, 6.07) is 0. The Morgan fingerprint density at radius 2 is 2.08 bits per heavy atom. The second kappa shape index (κ2) is 2.96. The van der Waals surface area contributed by atoms with E-state index in [1.165, 1.54) is 38.8 Å². The van der Waals surface area contributed by atoms with Gasteiger partial charge >= 0.3 is 0 Å². The summed E-state index contributed by atoms with van der Waals surface area (Å²) < 4.78 is 5.48. The molecular weight excluding hydrogens is 162 g/mol. The highest BCUT2D eigenvalue weighted by Crippen LogP contribution is 2.62. The van der Waals surface area contributed by atoms with E-state index in [0.717, 1.165) is 30.5 Å². The van der Waals surface area contributed by atoms with Crippen LogP contribution in [0.1, 0.15) is 25.7 Å². The molecular formula is C11H19NO. The number of hydrogen-bond donors (Lipinski definition) is 1. The molecule has 0 radical (unpaired) electrons. The lowest BCUT2D eigenvalue weighted by Crippen LogP contribution is -2.30. The highest BCUT2D eigenvalue weighted by Gasteiger charge is 2.57. The molecule has 2 atom stereocenters. The zero-order valence-electron chi connectivity index (χ0n) is 8.22. The van der Waals surface area contributed by atoms with Gasteiger partial charge in [0.25, 0.3) is 0 Å². The summed E-state index contributed by atoms with van der Waals surface area (Å²) >= 11 is 0. The first-order chi connectivity index (χ1) is 6.41. The zero-order chi connectivity index (χ0) is 8.73. The molecule has 3 aliphatic rings. The molecule has 3 rings (SSSR count). The average molecular weight is 181 g/mol. The largest absolute Gasteiger partial charge is 0.381 e. The molecule has 3 fully saturated rings. The summed E-state index contributed by atoms with van der Waals surface area (Å²) in [5.74, 6) is 1.94. The van der Waals surface area contributed by atoms with Gasteiger partial charge in [-0.15, -0.1) is 0 Å². The Morgan fingerprint density at radius 3 is 2.77 bits per heavy atom. The number of nitrogens with one attached hydrogen (secondary N) is 1. The molecule has 13 heavy (non-hydrogen) atoms. The first kappa shape index (κ1) is 8.25. The fraction of sp³-hybridized carbons (Fsp3) is 1.00. The van der Waals surface area contributed by atoms with Crippen LogP contribution in [0.5, 0.6) is 0 Å². The third kappa shape index (κ3) is 1.31. The molecule has 1 saturated carbocycles. The smallest absolute Gasteiger partial charge is 0.0497 e.